The van der Waals surface area contributed by atoms with E-state index >= 15 is 0 Å². The lowest BCUT2D eigenvalue weighted by Gasteiger charge is -2.05. The highest BCUT2D eigenvalue weighted by atomic mass is 19.4. The van der Waals surface area contributed by atoms with Crippen molar-refractivity contribution in [3.05, 3.63) is 53.9 Å². The van der Waals surface area contributed by atoms with E-state index in [2.05, 4.69) is 10.4 Å². The fourth-order valence-electron chi connectivity index (χ4n) is 1.65. The first kappa shape index (κ1) is 13.6. The predicted octanol–water partition coefficient (Wildman–Crippen LogP) is 2.69. The minimum atomic E-state index is -4.32. The first-order chi connectivity index (χ1) is 9.05. The van der Waals surface area contributed by atoms with Gasteiger partial charge >= 0.3 is 6.18 Å². The molecule has 3 nitrogen and oxygen atoms in total. The first-order valence-corrected chi connectivity index (χ1v) is 5.90. The van der Waals surface area contributed by atoms with Gasteiger partial charge in [-0.15, -0.1) is 0 Å². The molecule has 1 aromatic carbocycles. The number of nitrogens with zero attached hydrogens (tertiary/aromatic N) is 2. The van der Waals surface area contributed by atoms with Crippen LogP contribution in [0.5, 0.6) is 0 Å². The number of halogens is 3. The van der Waals surface area contributed by atoms with Crippen molar-refractivity contribution in [1.82, 2.24) is 15.1 Å². The molecule has 0 aliphatic carbocycles. The molecule has 0 amide bonds. The second-order valence-electron chi connectivity index (χ2n) is 4.15. The first-order valence-electron chi connectivity index (χ1n) is 5.90. The molecule has 0 spiro atoms. The summed E-state index contributed by atoms with van der Waals surface area (Å²) < 4.78 is 38.3. The average Bonchev–Trinajstić information content (AvgIpc) is 2.85. The third kappa shape index (κ3) is 4.10. The van der Waals surface area contributed by atoms with Crippen LogP contribution >= 0.6 is 0 Å². The summed E-state index contributed by atoms with van der Waals surface area (Å²) in [4.78, 5) is 0. The normalized spacial score (nSPS) is 11.7. The van der Waals surface area contributed by atoms with Crippen LogP contribution in [0, 0.1) is 0 Å². The number of hydrogen-bond acceptors (Lipinski definition) is 2. The summed E-state index contributed by atoms with van der Waals surface area (Å²) in [6, 6.07) is 9.80. The molecule has 1 N–H and O–H groups in total. The van der Waals surface area contributed by atoms with E-state index in [1.807, 2.05) is 30.3 Å². The van der Waals surface area contributed by atoms with Crippen LogP contribution < -0.4 is 5.32 Å². The Bertz CT molecular complexity index is 505. The zero-order valence-corrected chi connectivity index (χ0v) is 10.2. The van der Waals surface area contributed by atoms with E-state index in [4.69, 9.17) is 0 Å². The van der Waals surface area contributed by atoms with Crippen LogP contribution in [-0.2, 0) is 19.3 Å². The van der Waals surface area contributed by atoms with Crippen molar-refractivity contribution < 1.29 is 13.2 Å². The van der Waals surface area contributed by atoms with Gasteiger partial charge in [-0.05, 0) is 5.56 Å². The Morgan fingerprint density at radius 3 is 2.53 bits per heavy atom. The summed E-state index contributed by atoms with van der Waals surface area (Å²) in [5.74, 6) is 0. The van der Waals surface area contributed by atoms with E-state index in [1.165, 1.54) is 4.68 Å². The van der Waals surface area contributed by atoms with E-state index in [9.17, 15) is 13.2 Å². The molecule has 0 radical (unpaired) electrons. The van der Waals surface area contributed by atoms with Crippen LogP contribution in [0.15, 0.2) is 42.7 Å². The number of hydrogen-bond donors (Lipinski definition) is 1. The Morgan fingerprint density at radius 1 is 1.16 bits per heavy atom. The molecule has 0 unspecified atom stereocenters. The Kier molecular flexibility index (Phi) is 4.21. The monoisotopic (exact) mass is 269 g/mol. The SMILES string of the molecule is FC(F)(F)c1cnn(CCNCc2ccccc2)c1. The zero-order chi connectivity index (χ0) is 13.7. The topological polar surface area (TPSA) is 29.9 Å². The van der Waals surface area contributed by atoms with Crippen molar-refractivity contribution in [3.63, 3.8) is 0 Å². The minimum absolute atomic E-state index is 0.406. The number of nitrogens with one attached hydrogen (secondary N) is 1. The van der Waals surface area contributed by atoms with Gasteiger partial charge in [0.1, 0.15) is 0 Å². The fourth-order valence-corrected chi connectivity index (χ4v) is 1.65. The van der Waals surface area contributed by atoms with E-state index in [0.29, 0.717) is 19.6 Å². The molecule has 19 heavy (non-hydrogen) atoms. The third-order valence-electron chi connectivity index (χ3n) is 2.65. The Morgan fingerprint density at radius 2 is 1.89 bits per heavy atom. The summed E-state index contributed by atoms with van der Waals surface area (Å²) in [5, 5.41) is 6.84. The molecular formula is C13H14F3N3. The summed E-state index contributed by atoms with van der Waals surface area (Å²) >= 11 is 0. The molecule has 0 aliphatic rings. The Balaban J connectivity index is 1.76. The van der Waals surface area contributed by atoms with Crippen molar-refractivity contribution >= 4 is 0 Å². The van der Waals surface area contributed by atoms with Gasteiger partial charge in [0.05, 0.1) is 18.3 Å². The molecule has 0 saturated carbocycles. The smallest absolute Gasteiger partial charge is 0.311 e. The van der Waals surface area contributed by atoms with Crippen molar-refractivity contribution in [2.75, 3.05) is 6.54 Å². The molecule has 0 aliphatic heterocycles. The second-order valence-corrected chi connectivity index (χ2v) is 4.15. The number of alkyl halides is 3. The Hall–Kier alpha value is -1.82. The second kappa shape index (κ2) is 5.88. The third-order valence-corrected chi connectivity index (χ3v) is 2.65. The molecule has 0 atom stereocenters. The van der Waals surface area contributed by atoms with Crippen molar-refractivity contribution in [1.29, 1.82) is 0 Å². The summed E-state index contributed by atoms with van der Waals surface area (Å²) in [5.41, 5.74) is 0.425. The summed E-state index contributed by atoms with van der Waals surface area (Å²) in [6.45, 7) is 1.66. The van der Waals surface area contributed by atoms with E-state index < -0.39 is 11.7 Å². The largest absolute Gasteiger partial charge is 0.419 e. The lowest BCUT2D eigenvalue weighted by atomic mass is 10.2. The molecule has 0 saturated heterocycles. The molecule has 2 rings (SSSR count). The van der Waals surface area contributed by atoms with Gasteiger partial charge in [-0.3, -0.25) is 4.68 Å². The maximum absolute atomic E-state index is 12.3. The van der Waals surface area contributed by atoms with Crippen LogP contribution in [0.4, 0.5) is 13.2 Å². The highest BCUT2D eigenvalue weighted by molar-refractivity contribution is 5.14. The Labute approximate surface area is 109 Å². The fraction of sp³-hybridized carbons (Fsp3) is 0.308. The minimum Gasteiger partial charge on any atom is -0.311 e. The van der Waals surface area contributed by atoms with Crippen LogP contribution in [0.1, 0.15) is 11.1 Å². The quantitative estimate of drug-likeness (QED) is 0.846. The molecule has 102 valence electrons. The van der Waals surface area contributed by atoms with Crippen LogP contribution in [-0.4, -0.2) is 16.3 Å². The van der Waals surface area contributed by atoms with Gasteiger partial charge in [-0.25, -0.2) is 0 Å². The number of benzene rings is 1. The molecule has 1 heterocycles. The zero-order valence-electron chi connectivity index (χ0n) is 10.2. The molecule has 2 aromatic rings. The molecule has 1 aromatic heterocycles. The van der Waals surface area contributed by atoms with Crippen LogP contribution in [0.25, 0.3) is 0 Å². The number of aromatic nitrogens is 2. The highest BCUT2D eigenvalue weighted by Gasteiger charge is 2.31. The van der Waals surface area contributed by atoms with Crippen LogP contribution in [0.2, 0.25) is 0 Å². The van der Waals surface area contributed by atoms with E-state index in [1.54, 1.807) is 0 Å². The summed E-state index contributed by atoms with van der Waals surface area (Å²) in [6.07, 6.45) is -2.46. The van der Waals surface area contributed by atoms with Gasteiger partial charge in [-0.2, -0.15) is 18.3 Å². The van der Waals surface area contributed by atoms with Gasteiger partial charge in [0.2, 0.25) is 0 Å². The van der Waals surface area contributed by atoms with Crippen LogP contribution in [0.3, 0.4) is 0 Å². The van der Waals surface area contributed by atoms with Gasteiger partial charge < -0.3 is 5.32 Å². The van der Waals surface area contributed by atoms with E-state index in [-0.39, 0.29) is 0 Å². The lowest BCUT2D eigenvalue weighted by molar-refractivity contribution is -0.137. The predicted molar refractivity (Wildman–Crippen MR) is 65.4 cm³/mol. The van der Waals surface area contributed by atoms with Gasteiger partial charge in [0.15, 0.2) is 0 Å². The average molecular weight is 269 g/mol. The van der Waals surface area contributed by atoms with Gasteiger partial charge in [0.25, 0.3) is 0 Å². The standard InChI is InChI=1S/C13H14F3N3/c14-13(15,16)12-9-18-19(10-12)7-6-17-8-11-4-2-1-3-5-11/h1-5,9-10,17H,6-8H2. The van der Waals surface area contributed by atoms with E-state index in [0.717, 1.165) is 18.0 Å². The molecule has 0 fully saturated rings. The van der Waals surface area contributed by atoms with Crippen molar-refractivity contribution in [2.24, 2.45) is 0 Å². The molecular weight excluding hydrogens is 255 g/mol. The summed E-state index contributed by atoms with van der Waals surface area (Å²) in [7, 11) is 0. The highest BCUT2D eigenvalue weighted by Crippen LogP contribution is 2.28. The van der Waals surface area contributed by atoms with Gasteiger partial charge in [-0.1, -0.05) is 30.3 Å². The van der Waals surface area contributed by atoms with Gasteiger partial charge in [0, 0.05) is 19.3 Å². The lowest BCUT2D eigenvalue weighted by Crippen LogP contribution is -2.19. The van der Waals surface area contributed by atoms with Crippen molar-refractivity contribution in [2.45, 2.75) is 19.3 Å². The number of rotatable bonds is 5. The molecule has 6 heteroatoms. The maximum atomic E-state index is 12.3. The van der Waals surface area contributed by atoms with Crippen molar-refractivity contribution in [3.8, 4) is 0 Å². The molecule has 0 bridgehead atoms. The maximum Gasteiger partial charge on any atom is 0.419 e.